The fraction of sp³-hybridized carbons (Fsp3) is 0.391. The molecule has 0 aliphatic heterocycles. The minimum atomic E-state index is -4.26. The Labute approximate surface area is 183 Å². The molecule has 0 unspecified atom stereocenters. The number of hydrogen-bond donors (Lipinski definition) is 0. The summed E-state index contributed by atoms with van der Waals surface area (Å²) in [6.07, 6.45) is 0.0824. The van der Waals surface area contributed by atoms with Gasteiger partial charge in [0, 0.05) is 0 Å². The molecule has 1 atom stereocenters. The van der Waals surface area contributed by atoms with Gasteiger partial charge < -0.3 is 9.47 Å². The minimum Gasteiger partial charge on any atom is -0.465 e. The Balaban J connectivity index is 2.15. The third-order valence-electron chi connectivity index (χ3n) is 4.25. The molecule has 0 N–H and O–H groups in total. The lowest BCUT2D eigenvalue weighted by Crippen LogP contribution is -2.35. The van der Waals surface area contributed by atoms with Crippen molar-refractivity contribution in [3.05, 3.63) is 65.7 Å². The highest BCUT2D eigenvalue weighted by molar-refractivity contribution is 7.86. The molecule has 0 saturated carbocycles. The maximum atomic E-state index is 12.8. The van der Waals surface area contributed by atoms with Crippen LogP contribution in [-0.4, -0.2) is 39.2 Å². The van der Waals surface area contributed by atoms with Crippen LogP contribution in [0.15, 0.2) is 59.5 Å². The summed E-state index contributed by atoms with van der Waals surface area (Å²) in [5, 5.41) is 0. The highest BCUT2D eigenvalue weighted by atomic mass is 32.2. The van der Waals surface area contributed by atoms with Gasteiger partial charge in [0.1, 0.15) is 5.60 Å². The number of methoxy groups -OCH3 is 1. The van der Waals surface area contributed by atoms with Crippen LogP contribution in [0.3, 0.4) is 0 Å². The first-order chi connectivity index (χ1) is 14.5. The molecule has 0 bridgehead atoms. The van der Waals surface area contributed by atoms with Crippen LogP contribution in [0.5, 0.6) is 0 Å². The Hall–Kier alpha value is -2.71. The Morgan fingerprint density at radius 3 is 2.13 bits per heavy atom. The van der Waals surface area contributed by atoms with Crippen LogP contribution in [-0.2, 0) is 35.0 Å². The molecular weight excluding hydrogens is 420 g/mol. The van der Waals surface area contributed by atoms with Crippen LogP contribution >= 0.6 is 0 Å². The molecule has 0 aliphatic carbocycles. The summed E-state index contributed by atoms with van der Waals surface area (Å²) in [5.41, 5.74) is 0.490. The molecule has 0 spiro atoms. The Morgan fingerprint density at radius 1 is 0.968 bits per heavy atom. The van der Waals surface area contributed by atoms with Crippen molar-refractivity contribution >= 4 is 22.1 Å². The normalized spacial score (nSPS) is 12.8. The summed E-state index contributed by atoms with van der Waals surface area (Å²) in [4.78, 5) is 24.0. The van der Waals surface area contributed by atoms with E-state index in [4.69, 9.17) is 8.92 Å². The number of carbonyl (C=O) groups is 2. The standard InChI is InChI=1S/C23H28O7S/c1-23(2,3)29-22(25)20(12-8-11-17-9-6-5-7-10-17)30-31(26,27)19-15-13-18(14-16-19)21(24)28-4/h5-7,9-10,13-16,20H,8,11-12H2,1-4H3/t20-/m1/s1. The first-order valence-electron chi connectivity index (χ1n) is 9.90. The molecule has 0 radical (unpaired) electrons. The lowest BCUT2D eigenvalue weighted by molar-refractivity contribution is -0.163. The molecule has 7 nitrogen and oxygen atoms in total. The second-order valence-corrected chi connectivity index (χ2v) is 9.54. The maximum absolute atomic E-state index is 12.8. The van der Waals surface area contributed by atoms with Gasteiger partial charge in [-0.15, -0.1) is 0 Å². The van der Waals surface area contributed by atoms with Crippen molar-refractivity contribution in [1.82, 2.24) is 0 Å². The molecule has 168 valence electrons. The molecule has 2 aromatic carbocycles. The predicted octanol–water partition coefficient (Wildman–Crippen LogP) is 3.91. The van der Waals surface area contributed by atoms with Crippen molar-refractivity contribution in [1.29, 1.82) is 0 Å². The lowest BCUT2D eigenvalue weighted by atomic mass is 10.1. The molecule has 0 amide bonds. The van der Waals surface area contributed by atoms with E-state index in [0.29, 0.717) is 12.8 Å². The third kappa shape index (κ3) is 7.80. The van der Waals surface area contributed by atoms with Gasteiger partial charge in [0.25, 0.3) is 10.1 Å². The number of benzene rings is 2. The molecule has 0 aromatic heterocycles. The van der Waals surface area contributed by atoms with E-state index in [1.165, 1.54) is 31.4 Å². The molecule has 8 heteroatoms. The molecule has 31 heavy (non-hydrogen) atoms. The second-order valence-electron chi connectivity index (χ2n) is 7.97. The van der Waals surface area contributed by atoms with Gasteiger partial charge in [0.2, 0.25) is 0 Å². The van der Waals surface area contributed by atoms with Crippen LogP contribution in [0.25, 0.3) is 0 Å². The summed E-state index contributed by atoms with van der Waals surface area (Å²) in [5.74, 6) is -1.33. The third-order valence-corrected chi connectivity index (χ3v) is 5.59. The van der Waals surface area contributed by atoms with Crippen LogP contribution < -0.4 is 0 Å². The minimum absolute atomic E-state index is 0.170. The summed E-state index contributed by atoms with van der Waals surface area (Å²) in [6.45, 7) is 5.10. The number of ether oxygens (including phenoxy) is 2. The average Bonchev–Trinajstić information content (AvgIpc) is 2.72. The van der Waals surface area contributed by atoms with E-state index in [9.17, 15) is 18.0 Å². The number of hydrogen-bond acceptors (Lipinski definition) is 7. The van der Waals surface area contributed by atoms with Crippen molar-refractivity contribution < 1.29 is 31.7 Å². The molecule has 0 fully saturated rings. The zero-order chi connectivity index (χ0) is 23.1. The number of esters is 2. The van der Waals surface area contributed by atoms with E-state index in [1.54, 1.807) is 20.8 Å². The monoisotopic (exact) mass is 448 g/mol. The molecule has 2 rings (SSSR count). The largest absolute Gasteiger partial charge is 0.465 e. The van der Waals surface area contributed by atoms with Gasteiger partial charge in [0.15, 0.2) is 6.10 Å². The zero-order valence-electron chi connectivity index (χ0n) is 18.2. The maximum Gasteiger partial charge on any atom is 0.337 e. The average molecular weight is 449 g/mol. The Kier molecular flexibility index (Phi) is 8.36. The molecule has 0 heterocycles. The van der Waals surface area contributed by atoms with Gasteiger partial charge in [-0.1, -0.05) is 30.3 Å². The predicted molar refractivity (Wildman–Crippen MR) is 115 cm³/mol. The fourth-order valence-electron chi connectivity index (χ4n) is 2.79. The summed E-state index contributed by atoms with van der Waals surface area (Å²) in [6, 6.07) is 14.8. The van der Waals surface area contributed by atoms with Crippen molar-refractivity contribution in [2.75, 3.05) is 7.11 Å². The molecular formula is C23H28O7S. The molecule has 2 aromatic rings. The summed E-state index contributed by atoms with van der Waals surface area (Å²) in [7, 11) is -3.02. The Bertz CT molecular complexity index is 975. The summed E-state index contributed by atoms with van der Waals surface area (Å²) < 4.78 is 40.7. The highest BCUT2D eigenvalue weighted by Crippen LogP contribution is 2.21. The Morgan fingerprint density at radius 2 is 1.58 bits per heavy atom. The van der Waals surface area contributed by atoms with Gasteiger partial charge in [-0.25, -0.2) is 9.59 Å². The lowest BCUT2D eigenvalue weighted by Gasteiger charge is -2.24. The van der Waals surface area contributed by atoms with Gasteiger partial charge in [-0.3, -0.25) is 4.18 Å². The smallest absolute Gasteiger partial charge is 0.337 e. The topological polar surface area (TPSA) is 96.0 Å². The van der Waals surface area contributed by atoms with E-state index in [1.807, 2.05) is 30.3 Å². The summed E-state index contributed by atoms with van der Waals surface area (Å²) >= 11 is 0. The highest BCUT2D eigenvalue weighted by Gasteiger charge is 2.31. The van der Waals surface area contributed by atoms with Crippen LogP contribution in [0.1, 0.15) is 49.5 Å². The van der Waals surface area contributed by atoms with Gasteiger partial charge in [0.05, 0.1) is 17.6 Å². The van der Waals surface area contributed by atoms with Gasteiger partial charge in [-0.2, -0.15) is 8.42 Å². The van der Waals surface area contributed by atoms with Crippen LogP contribution in [0, 0.1) is 0 Å². The van der Waals surface area contributed by atoms with Crippen molar-refractivity contribution in [2.24, 2.45) is 0 Å². The number of aryl methyl sites for hydroxylation is 1. The van der Waals surface area contributed by atoms with Crippen molar-refractivity contribution in [3.8, 4) is 0 Å². The van der Waals surface area contributed by atoms with E-state index in [0.717, 1.165) is 5.56 Å². The van der Waals surface area contributed by atoms with Gasteiger partial charge >= 0.3 is 11.9 Å². The SMILES string of the molecule is COC(=O)c1ccc(S(=O)(=O)O[C@H](CCCc2ccccc2)C(=O)OC(C)(C)C)cc1. The molecule has 0 aliphatic rings. The number of carbonyl (C=O) groups excluding carboxylic acids is 2. The van der Waals surface area contributed by atoms with Crippen molar-refractivity contribution in [3.63, 3.8) is 0 Å². The van der Waals surface area contributed by atoms with Crippen molar-refractivity contribution in [2.45, 2.75) is 56.6 Å². The first kappa shape index (κ1) is 24.6. The number of rotatable bonds is 9. The van der Waals surface area contributed by atoms with Crippen LogP contribution in [0.4, 0.5) is 0 Å². The van der Waals surface area contributed by atoms with E-state index in [-0.39, 0.29) is 16.9 Å². The first-order valence-corrected chi connectivity index (χ1v) is 11.3. The quantitative estimate of drug-likeness (QED) is 0.424. The van der Waals surface area contributed by atoms with Gasteiger partial charge in [-0.05, 0) is 69.9 Å². The fourth-order valence-corrected chi connectivity index (χ4v) is 3.85. The van der Waals surface area contributed by atoms with E-state index >= 15 is 0 Å². The zero-order valence-corrected chi connectivity index (χ0v) is 19.0. The van der Waals surface area contributed by atoms with E-state index < -0.39 is 33.8 Å². The second kappa shape index (κ2) is 10.5. The van der Waals surface area contributed by atoms with Crippen LogP contribution in [0.2, 0.25) is 0 Å². The van der Waals surface area contributed by atoms with E-state index in [2.05, 4.69) is 4.74 Å². The molecule has 0 saturated heterocycles.